The third-order valence-electron chi connectivity index (χ3n) is 3.12. The minimum atomic E-state index is -0.259. The monoisotopic (exact) mass is 287 g/mol. The van der Waals surface area contributed by atoms with Gasteiger partial charge in [0, 0.05) is 12.7 Å². The number of aryl methyl sites for hydroxylation is 2. The number of amides is 2. The van der Waals surface area contributed by atoms with Crippen molar-refractivity contribution in [3.05, 3.63) is 46.8 Å². The molecule has 0 aliphatic heterocycles. The van der Waals surface area contributed by atoms with Crippen LogP contribution in [-0.4, -0.2) is 24.0 Å². The van der Waals surface area contributed by atoms with Gasteiger partial charge in [-0.2, -0.15) is 0 Å². The molecule has 1 aromatic carbocycles. The van der Waals surface area contributed by atoms with Crippen LogP contribution in [0.5, 0.6) is 0 Å². The van der Waals surface area contributed by atoms with E-state index in [0.717, 1.165) is 5.56 Å². The maximum Gasteiger partial charge on any atom is 0.261 e. The third-order valence-corrected chi connectivity index (χ3v) is 3.12. The van der Waals surface area contributed by atoms with Crippen LogP contribution in [0, 0.1) is 13.8 Å². The molecule has 0 aliphatic carbocycles. The first kappa shape index (κ1) is 14.8. The quantitative estimate of drug-likeness (QED) is 0.898. The van der Waals surface area contributed by atoms with E-state index in [1.165, 1.54) is 0 Å². The second-order valence-electron chi connectivity index (χ2n) is 4.70. The van der Waals surface area contributed by atoms with Crippen molar-refractivity contribution in [1.82, 2.24) is 10.5 Å². The van der Waals surface area contributed by atoms with Crippen molar-refractivity contribution >= 4 is 17.5 Å². The number of rotatable bonds is 4. The molecular formula is C15H17N3O3. The first-order valence-electron chi connectivity index (χ1n) is 6.55. The normalized spacial score (nSPS) is 10.2. The average Bonchev–Trinajstić information content (AvgIpc) is 2.80. The summed E-state index contributed by atoms with van der Waals surface area (Å²) in [4.78, 5) is 23.4. The Balaban J connectivity index is 2.07. The molecule has 0 saturated heterocycles. The summed E-state index contributed by atoms with van der Waals surface area (Å²) in [6, 6.07) is 7.12. The maximum absolute atomic E-state index is 12.2. The zero-order chi connectivity index (χ0) is 15.4. The summed E-state index contributed by atoms with van der Waals surface area (Å²) in [5.74, 6) is 0.175. The van der Waals surface area contributed by atoms with Gasteiger partial charge in [0.2, 0.25) is 5.91 Å². The number of benzene rings is 1. The highest BCUT2D eigenvalue weighted by Crippen LogP contribution is 2.16. The van der Waals surface area contributed by atoms with E-state index in [0.29, 0.717) is 29.1 Å². The lowest BCUT2D eigenvalue weighted by molar-refractivity contribution is -0.119. The summed E-state index contributed by atoms with van der Waals surface area (Å²) < 4.78 is 4.97. The molecule has 0 saturated carbocycles. The summed E-state index contributed by atoms with van der Waals surface area (Å²) in [5.41, 5.74) is 2.54. The average molecular weight is 287 g/mol. The summed E-state index contributed by atoms with van der Waals surface area (Å²) in [7, 11) is 1.60. The minimum Gasteiger partial charge on any atom is -0.361 e. The van der Waals surface area contributed by atoms with Crippen molar-refractivity contribution in [2.75, 3.05) is 12.4 Å². The van der Waals surface area contributed by atoms with Crippen molar-refractivity contribution in [1.29, 1.82) is 0 Å². The highest BCUT2D eigenvalue weighted by molar-refractivity contribution is 6.05. The predicted molar refractivity (Wildman–Crippen MR) is 78.1 cm³/mol. The van der Waals surface area contributed by atoms with Gasteiger partial charge in [0.25, 0.3) is 5.91 Å². The van der Waals surface area contributed by atoms with Crippen LogP contribution in [0.1, 0.15) is 27.4 Å². The molecule has 6 heteroatoms. The van der Waals surface area contributed by atoms with E-state index in [9.17, 15) is 9.59 Å². The van der Waals surface area contributed by atoms with Crippen LogP contribution in [0.2, 0.25) is 0 Å². The zero-order valence-electron chi connectivity index (χ0n) is 12.2. The van der Waals surface area contributed by atoms with Crippen LogP contribution in [0.4, 0.5) is 5.69 Å². The van der Waals surface area contributed by atoms with Crippen molar-refractivity contribution < 1.29 is 14.1 Å². The van der Waals surface area contributed by atoms with Crippen LogP contribution in [0.3, 0.4) is 0 Å². The molecule has 1 heterocycles. The van der Waals surface area contributed by atoms with E-state index in [1.54, 1.807) is 45.2 Å². The Morgan fingerprint density at radius 1 is 1.19 bits per heavy atom. The minimum absolute atomic E-state index is 0.0532. The molecule has 1 aromatic heterocycles. The molecule has 0 unspecified atom stereocenters. The fraction of sp³-hybridized carbons (Fsp3) is 0.267. The van der Waals surface area contributed by atoms with Gasteiger partial charge >= 0.3 is 0 Å². The fourth-order valence-electron chi connectivity index (χ4n) is 1.98. The van der Waals surface area contributed by atoms with Crippen LogP contribution in [0.15, 0.2) is 28.8 Å². The van der Waals surface area contributed by atoms with Gasteiger partial charge in [0.1, 0.15) is 11.3 Å². The maximum atomic E-state index is 12.2. The van der Waals surface area contributed by atoms with E-state index in [-0.39, 0.29) is 11.8 Å². The Morgan fingerprint density at radius 3 is 2.38 bits per heavy atom. The summed E-state index contributed by atoms with van der Waals surface area (Å²) in [6.07, 6.45) is 0.314. The molecule has 2 N–H and O–H groups in total. The standard InChI is InChI=1S/C15H17N3O3/c1-9-14(10(2)21-18-9)15(20)17-12-6-4-11(5-7-12)8-13(19)16-3/h4-7H,8H2,1-3H3,(H,16,19)(H,17,20). The molecule has 6 nitrogen and oxygen atoms in total. The first-order valence-corrected chi connectivity index (χ1v) is 6.55. The van der Waals surface area contributed by atoms with Gasteiger partial charge in [-0.3, -0.25) is 9.59 Å². The second kappa shape index (κ2) is 6.21. The fourth-order valence-corrected chi connectivity index (χ4v) is 1.98. The molecule has 2 aromatic rings. The molecule has 0 atom stereocenters. The zero-order valence-corrected chi connectivity index (χ0v) is 12.2. The number of anilines is 1. The van der Waals surface area contributed by atoms with E-state index in [1.807, 2.05) is 0 Å². The van der Waals surface area contributed by atoms with Crippen molar-refractivity contribution in [3.8, 4) is 0 Å². The number of nitrogens with zero attached hydrogens (tertiary/aromatic N) is 1. The number of aromatic nitrogens is 1. The summed E-state index contributed by atoms with van der Waals surface area (Å²) >= 11 is 0. The smallest absolute Gasteiger partial charge is 0.261 e. The number of hydrogen-bond donors (Lipinski definition) is 2. The SMILES string of the molecule is CNC(=O)Cc1ccc(NC(=O)c2c(C)noc2C)cc1. The lowest BCUT2D eigenvalue weighted by atomic mass is 10.1. The summed E-state index contributed by atoms with van der Waals surface area (Å²) in [6.45, 7) is 3.42. The number of likely N-dealkylation sites (N-methyl/N-ethyl adjacent to an activating group) is 1. The second-order valence-corrected chi connectivity index (χ2v) is 4.70. The van der Waals surface area contributed by atoms with Crippen LogP contribution in [-0.2, 0) is 11.2 Å². The van der Waals surface area contributed by atoms with E-state index in [4.69, 9.17) is 4.52 Å². The molecule has 0 radical (unpaired) electrons. The van der Waals surface area contributed by atoms with Crippen LogP contribution < -0.4 is 10.6 Å². The Hall–Kier alpha value is -2.63. The summed E-state index contributed by atoms with van der Waals surface area (Å²) in [5, 5.41) is 9.10. The molecule has 0 bridgehead atoms. The molecule has 0 spiro atoms. The Morgan fingerprint density at radius 2 is 1.86 bits per heavy atom. The number of hydrogen-bond acceptors (Lipinski definition) is 4. The lowest BCUT2D eigenvalue weighted by Gasteiger charge is -2.06. The highest BCUT2D eigenvalue weighted by atomic mass is 16.5. The number of nitrogens with one attached hydrogen (secondary N) is 2. The van der Waals surface area contributed by atoms with Crippen LogP contribution in [0.25, 0.3) is 0 Å². The van der Waals surface area contributed by atoms with E-state index in [2.05, 4.69) is 15.8 Å². The Kier molecular flexibility index (Phi) is 4.37. The van der Waals surface area contributed by atoms with Gasteiger partial charge in [0.15, 0.2) is 0 Å². The van der Waals surface area contributed by atoms with Gasteiger partial charge in [0.05, 0.1) is 12.1 Å². The third kappa shape index (κ3) is 3.47. The van der Waals surface area contributed by atoms with Gasteiger partial charge in [-0.05, 0) is 31.5 Å². The molecule has 0 fully saturated rings. The van der Waals surface area contributed by atoms with Crippen LogP contribution >= 0.6 is 0 Å². The van der Waals surface area contributed by atoms with Gasteiger partial charge < -0.3 is 15.2 Å². The highest BCUT2D eigenvalue weighted by Gasteiger charge is 2.17. The first-order chi connectivity index (χ1) is 10.0. The molecule has 0 aliphatic rings. The van der Waals surface area contributed by atoms with E-state index >= 15 is 0 Å². The van der Waals surface area contributed by atoms with E-state index < -0.39 is 0 Å². The van der Waals surface area contributed by atoms with Crippen molar-refractivity contribution in [2.24, 2.45) is 0 Å². The molecule has 110 valence electrons. The molecule has 21 heavy (non-hydrogen) atoms. The van der Waals surface area contributed by atoms with Crippen molar-refractivity contribution in [3.63, 3.8) is 0 Å². The Labute approximate surface area is 122 Å². The lowest BCUT2D eigenvalue weighted by Crippen LogP contribution is -2.19. The predicted octanol–water partition coefficient (Wildman–Crippen LogP) is 1.83. The number of carbonyl (C=O) groups excluding carboxylic acids is 2. The molecule has 2 rings (SSSR count). The van der Waals surface area contributed by atoms with Gasteiger partial charge in [-0.1, -0.05) is 17.3 Å². The molecular weight excluding hydrogens is 270 g/mol. The van der Waals surface area contributed by atoms with Gasteiger partial charge in [-0.25, -0.2) is 0 Å². The molecule has 2 amide bonds. The largest absolute Gasteiger partial charge is 0.361 e. The Bertz CT molecular complexity index is 640. The van der Waals surface area contributed by atoms with Gasteiger partial charge in [-0.15, -0.1) is 0 Å². The van der Waals surface area contributed by atoms with Crippen molar-refractivity contribution in [2.45, 2.75) is 20.3 Å². The topological polar surface area (TPSA) is 84.2 Å². The number of carbonyl (C=O) groups is 2.